The highest BCUT2D eigenvalue weighted by Crippen LogP contribution is 2.28. The minimum Gasteiger partial charge on any atom is -0.285 e. The van der Waals surface area contributed by atoms with Crippen molar-refractivity contribution in [3.63, 3.8) is 0 Å². The third-order valence-electron chi connectivity index (χ3n) is 2.25. The molecule has 0 aromatic rings. The van der Waals surface area contributed by atoms with E-state index >= 15 is 0 Å². The second kappa shape index (κ2) is 5.57. The van der Waals surface area contributed by atoms with Gasteiger partial charge in [0.1, 0.15) is 0 Å². The summed E-state index contributed by atoms with van der Waals surface area (Å²) in [5.41, 5.74) is 4.17. The zero-order valence-electron chi connectivity index (χ0n) is 9.63. The van der Waals surface area contributed by atoms with Crippen molar-refractivity contribution in [2.45, 2.75) is 19.8 Å². The molecule has 16 heavy (non-hydrogen) atoms. The lowest BCUT2D eigenvalue weighted by Crippen LogP contribution is -2.38. The highest BCUT2D eigenvalue weighted by atomic mass is 35.5. The summed E-state index contributed by atoms with van der Waals surface area (Å²) in [5, 5.41) is 2.17. The number of carbonyl (C=O) groups excluding carboxylic acids is 1. The summed E-state index contributed by atoms with van der Waals surface area (Å²) in [6.45, 7) is 1.96. The van der Waals surface area contributed by atoms with Crippen LogP contribution < -0.4 is 5.43 Å². The Hall–Kier alpha value is -0.710. The average molecular weight is 259 g/mol. The Morgan fingerprint density at radius 2 is 2.25 bits per heavy atom. The van der Waals surface area contributed by atoms with Crippen LogP contribution in [0.25, 0.3) is 0 Å². The first kappa shape index (κ1) is 13.4. The largest absolute Gasteiger partial charge is 0.285 e. The summed E-state index contributed by atoms with van der Waals surface area (Å²) in [6, 6.07) is 0. The maximum absolute atomic E-state index is 11.9. The van der Waals surface area contributed by atoms with Crippen LogP contribution >= 0.6 is 23.8 Å². The van der Waals surface area contributed by atoms with Crippen molar-refractivity contribution in [1.82, 2.24) is 10.4 Å². The molecule has 1 aliphatic rings. The van der Waals surface area contributed by atoms with Crippen molar-refractivity contribution in [2.75, 3.05) is 14.1 Å². The number of thiocarbonyl (C=S) groups is 1. The third-order valence-corrected chi connectivity index (χ3v) is 3.19. The summed E-state index contributed by atoms with van der Waals surface area (Å²) in [6.07, 6.45) is 3.10. The van der Waals surface area contributed by atoms with Crippen LogP contribution in [0.1, 0.15) is 19.8 Å². The van der Waals surface area contributed by atoms with Crippen LogP contribution in [0.4, 0.5) is 0 Å². The van der Waals surface area contributed by atoms with E-state index in [1.807, 2.05) is 13.0 Å². The summed E-state index contributed by atoms with van der Waals surface area (Å²) in [4.78, 5) is 12.6. The zero-order chi connectivity index (χ0) is 12.3. The van der Waals surface area contributed by atoms with Crippen molar-refractivity contribution < 1.29 is 4.79 Å². The lowest BCUT2D eigenvalue weighted by molar-refractivity contribution is -0.120. The average Bonchev–Trinajstić information content (AvgIpc) is 2.20. The standard InChI is InChI=1S/C11H15ClN2OS/c1-4-7-8(11(15)13-14(2)3)5-6-9(16)10(7)12/h5H,4,6H2,1-3H3,(H,13,15). The van der Waals surface area contributed by atoms with Crippen LogP contribution in [0.5, 0.6) is 0 Å². The van der Waals surface area contributed by atoms with E-state index in [0.29, 0.717) is 28.3 Å². The van der Waals surface area contributed by atoms with E-state index in [2.05, 4.69) is 5.43 Å². The molecule has 1 aliphatic carbocycles. The van der Waals surface area contributed by atoms with Gasteiger partial charge in [-0.05, 0) is 12.0 Å². The van der Waals surface area contributed by atoms with Crippen LogP contribution in [0.15, 0.2) is 22.3 Å². The van der Waals surface area contributed by atoms with Gasteiger partial charge in [0.15, 0.2) is 0 Å². The number of nitrogens with one attached hydrogen (secondary N) is 1. The fraction of sp³-hybridized carbons (Fsp3) is 0.455. The summed E-state index contributed by atoms with van der Waals surface area (Å²) < 4.78 is 0. The van der Waals surface area contributed by atoms with Crippen molar-refractivity contribution in [3.8, 4) is 0 Å². The number of amides is 1. The lowest BCUT2D eigenvalue weighted by atomic mass is 9.95. The highest BCUT2D eigenvalue weighted by Gasteiger charge is 2.22. The molecular formula is C11H15ClN2OS. The minimum absolute atomic E-state index is 0.137. The van der Waals surface area contributed by atoms with E-state index in [0.717, 1.165) is 5.57 Å². The molecule has 0 fully saturated rings. The van der Waals surface area contributed by atoms with Gasteiger partial charge in [-0.2, -0.15) is 0 Å². The fourth-order valence-corrected chi connectivity index (χ4v) is 2.05. The maximum atomic E-state index is 11.9. The van der Waals surface area contributed by atoms with Crippen molar-refractivity contribution in [3.05, 3.63) is 22.3 Å². The molecule has 0 saturated heterocycles. The van der Waals surface area contributed by atoms with Crippen LogP contribution in [-0.4, -0.2) is 29.9 Å². The smallest absolute Gasteiger partial charge is 0.265 e. The second-order valence-corrected chi connectivity index (χ2v) is 4.60. The molecule has 0 radical (unpaired) electrons. The number of hydrogen-bond acceptors (Lipinski definition) is 3. The topological polar surface area (TPSA) is 32.3 Å². The first-order chi connectivity index (χ1) is 7.47. The number of carbonyl (C=O) groups is 1. The van der Waals surface area contributed by atoms with E-state index in [1.54, 1.807) is 19.1 Å². The van der Waals surface area contributed by atoms with Crippen molar-refractivity contribution in [1.29, 1.82) is 0 Å². The van der Waals surface area contributed by atoms with Crippen LogP contribution in [-0.2, 0) is 4.79 Å². The molecular weight excluding hydrogens is 244 g/mol. The Morgan fingerprint density at radius 3 is 2.75 bits per heavy atom. The Balaban J connectivity index is 2.97. The molecule has 1 amide bonds. The van der Waals surface area contributed by atoms with E-state index in [1.165, 1.54) is 0 Å². The lowest BCUT2D eigenvalue weighted by Gasteiger charge is -2.20. The first-order valence-corrected chi connectivity index (χ1v) is 5.86. The van der Waals surface area contributed by atoms with Crippen LogP contribution in [0, 0.1) is 0 Å². The Morgan fingerprint density at radius 1 is 1.62 bits per heavy atom. The fourth-order valence-electron chi connectivity index (χ4n) is 1.53. The number of allylic oxidation sites excluding steroid dienone is 2. The predicted molar refractivity (Wildman–Crippen MR) is 70.3 cm³/mol. The van der Waals surface area contributed by atoms with Gasteiger partial charge in [0.05, 0.1) is 5.03 Å². The minimum atomic E-state index is -0.137. The van der Waals surface area contributed by atoms with Crippen molar-refractivity contribution >= 4 is 34.6 Å². The molecule has 0 unspecified atom stereocenters. The second-order valence-electron chi connectivity index (χ2n) is 3.73. The molecule has 5 heteroatoms. The van der Waals surface area contributed by atoms with Crippen LogP contribution in [0.2, 0.25) is 0 Å². The van der Waals surface area contributed by atoms with Gasteiger partial charge >= 0.3 is 0 Å². The molecule has 0 aliphatic heterocycles. The Bertz CT molecular complexity index is 385. The summed E-state index contributed by atoms with van der Waals surface area (Å²) >= 11 is 11.2. The van der Waals surface area contributed by atoms with Gasteiger partial charge in [-0.1, -0.05) is 36.8 Å². The molecule has 1 rings (SSSR count). The zero-order valence-corrected chi connectivity index (χ0v) is 11.2. The van der Waals surface area contributed by atoms with E-state index in [-0.39, 0.29) is 5.91 Å². The molecule has 0 aromatic heterocycles. The van der Waals surface area contributed by atoms with Crippen molar-refractivity contribution in [2.24, 2.45) is 0 Å². The van der Waals surface area contributed by atoms with E-state index in [9.17, 15) is 4.79 Å². The molecule has 0 heterocycles. The van der Waals surface area contributed by atoms with Gasteiger partial charge in [-0.25, -0.2) is 5.01 Å². The van der Waals surface area contributed by atoms with E-state index < -0.39 is 0 Å². The normalized spacial score (nSPS) is 16.6. The van der Waals surface area contributed by atoms with Gasteiger partial charge in [-0.15, -0.1) is 0 Å². The van der Waals surface area contributed by atoms with E-state index in [4.69, 9.17) is 23.8 Å². The monoisotopic (exact) mass is 258 g/mol. The highest BCUT2D eigenvalue weighted by molar-refractivity contribution is 7.81. The molecule has 0 atom stereocenters. The molecule has 0 saturated carbocycles. The van der Waals surface area contributed by atoms with Gasteiger partial charge in [0.2, 0.25) is 0 Å². The first-order valence-electron chi connectivity index (χ1n) is 5.08. The molecule has 1 N–H and O–H groups in total. The molecule has 0 spiro atoms. The van der Waals surface area contributed by atoms with Gasteiger partial charge in [0, 0.05) is 31.0 Å². The van der Waals surface area contributed by atoms with Crippen LogP contribution in [0.3, 0.4) is 0 Å². The maximum Gasteiger partial charge on any atom is 0.265 e. The quantitative estimate of drug-likeness (QED) is 0.622. The Labute approximate surface area is 106 Å². The molecule has 88 valence electrons. The SMILES string of the molecule is CCC1=C(Cl)C(=S)CC=C1C(=O)NN(C)C. The summed E-state index contributed by atoms with van der Waals surface area (Å²) in [7, 11) is 3.53. The van der Waals surface area contributed by atoms with Gasteiger partial charge < -0.3 is 0 Å². The van der Waals surface area contributed by atoms with Gasteiger partial charge in [-0.3, -0.25) is 10.2 Å². The molecule has 0 aromatic carbocycles. The van der Waals surface area contributed by atoms with Gasteiger partial charge in [0.25, 0.3) is 5.91 Å². The predicted octanol–water partition coefficient (Wildman–Crippen LogP) is 2.18. The number of hydrazine groups is 1. The number of nitrogens with zero attached hydrogens (tertiary/aromatic N) is 1. The number of halogens is 1. The number of rotatable bonds is 3. The molecule has 0 bridgehead atoms. The third kappa shape index (κ3) is 2.90. The molecule has 3 nitrogen and oxygen atoms in total. The summed E-state index contributed by atoms with van der Waals surface area (Å²) in [5.74, 6) is -0.137. The Kier molecular flexibility index (Phi) is 4.65. The number of hydrogen-bond donors (Lipinski definition) is 1.